The second-order valence-corrected chi connectivity index (χ2v) is 6.70. The Morgan fingerprint density at radius 2 is 1.63 bits per heavy atom. The molecule has 0 fully saturated rings. The fourth-order valence-corrected chi connectivity index (χ4v) is 3.27. The van der Waals surface area contributed by atoms with Crippen molar-refractivity contribution in [2.45, 2.75) is 20.8 Å². The van der Waals surface area contributed by atoms with Gasteiger partial charge in [0.05, 0.1) is 17.1 Å². The first kappa shape index (κ1) is 17.0. The Bertz CT molecular complexity index is 1200. The quantitative estimate of drug-likeness (QED) is 0.604. The molecule has 3 heterocycles. The molecule has 0 saturated carbocycles. The van der Waals surface area contributed by atoms with Crippen molar-refractivity contribution in [3.63, 3.8) is 0 Å². The number of anilines is 2. The highest BCUT2D eigenvalue weighted by Gasteiger charge is 2.17. The average molecular weight is 359 g/mol. The van der Waals surface area contributed by atoms with Gasteiger partial charge in [-0.25, -0.2) is 14.6 Å². The number of rotatable bonds is 3. The Morgan fingerprint density at radius 3 is 2.37 bits per heavy atom. The number of benzene rings is 1. The van der Waals surface area contributed by atoms with E-state index in [1.54, 1.807) is 4.68 Å². The minimum atomic E-state index is -0.0936. The van der Waals surface area contributed by atoms with E-state index >= 15 is 0 Å². The van der Waals surface area contributed by atoms with Crippen LogP contribution in [0.4, 0.5) is 11.4 Å². The maximum absolute atomic E-state index is 13.1. The van der Waals surface area contributed by atoms with E-state index in [1.165, 1.54) is 0 Å². The molecule has 4 rings (SSSR count). The molecule has 27 heavy (non-hydrogen) atoms. The predicted molar refractivity (Wildman–Crippen MR) is 108 cm³/mol. The standard InChI is InChI=1S/C21H21N5O/c1-13-10-11-17-18(12-14(2)23-20(17)22-13)24-19-15(3)25(4)26(21(19)27)16-8-6-5-7-9-16/h5-12H,1-4H3,(H,22,23,24). The van der Waals surface area contributed by atoms with Gasteiger partial charge in [-0.05, 0) is 51.1 Å². The first-order valence-electron chi connectivity index (χ1n) is 8.82. The zero-order valence-electron chi connectivity index (χ0n) is 15.8. The number of nitrogens with zero attached hydrogens (tertiary/aromatic N) is 4. The molecule has 6 heteroatoms. The van der Waals surface area contributed by atoms with Crippen LogP contribution in [0.2, 0.25) is 0 Å². The largest absolute Gasteiger partial charge is 0.349 e. The minimum Gasteiger partial charge on any atom is -0.349 e. The number of fused-ring (bicyclic) bond motifs is 1. The topological polar surface area (TPSA) is 64.7 Å². The van der Waals surface area contributed by atoms with Crippen LogP contribution in [0.1, 0.15) is 17.1 Å². The van der Waals surface area contributed by atoms with Gasteiger partial charge in [-0.3, -0.25) is 9.48 Å². The van der Waals surface area contributed by atoms with E-state index in [4.69, 9.17) is 0 Å². The summed E-state index contributed by atoms with van der Waals surface area (Å²) in [5, 5.41) is 4.23. The van der Waals surface area contributed by atoms with E-state index in [0.717, 1.165) is 33.8 Å². The second kappa shape index (κ2) is 6.39. The lowest BCUT2D eigenvalue weighted by Gasteiger charge is -2.10. The van der Waals surface area contributed by atoms with E-state index in [9.17, 15) is 4.79 Å². The molecule has 6 nitrogen and oxygen atoms in total. The predicted octanol–water partition coefficient (Wildman–Crippen LogP) is 3.79. The molecule has 0 aliphatic heterocycles. The lowest BCUT2D eigenvalue weighted by atomic mass is 10.2. The van der Waals surface area contributed by atoms with Crippen LogP contribution in [0.5, 0.6) is 0 Å². The fourth-order valence-electron chi connectivity index (χ4n) is 3.27. The zero-order chi connectivity index (χ0) is 19.1. The van der Waals surface area contributed by atoms with E-state index in [-0.39, 0.29) is 5.56 Å². The number of nitrogens with one attached hydrogen (secondary N) is 1. The summed E-state index contributed by atoms with van der Waals surface area (Å²) in [5.74, 6) is 0. The Labute approximate surface area is 157 Å². The number of hydrogen-bond donors (Lipinski definition) is 1. The van der Waals surface area contributed by atoms with Crippen LogP contribution in [0.3, 0.4) is 0 Å². The molecule has 0 radical (unpaired) electrons. The van der Waals surface area contributed by atoms with E-state index in [2.05, 4.69) is 15.3 Å². The summed E-state index contributed by atoms with van der Waals surface area (Å²) in [6.45, 7) is 5.80. The molecular formula is C21H21N5O. The zero-order valence-corrected chi connectivity index (χ0v) is 15.8. The highest BCUT2D eigenvalue weighted by molar-refractivity contribution is 5.91. The smallest absolute Gasteiger partial charge is 0.295 e. The molecule has 3 aromatic heterocycles. The minimum absolute atomic E-state index is 0.0936. The second-order valence-electron chi connectivity index (χ2n) is 6.70. The SMILES string of the molecule is Cc1ccc2c(Nc3c(C)n(C)n(-c4ccccc4)c3=O)cc(C)nc2n1. The van der Waals surface area contributed by atoms with Crippen molar-refractivity contribution in [1.82, 2.24) is 19.3 Å². The Balaban J connectivity index is 1.88. The number of aryl methyl sites for hydroxylation is 2. The van der Waals surface area contributed by atoms with Crippen molar-refractivity contribution < 1.29 is 0 Å². The van der Waals surface area contributed by atoms with Crippen molar-refractivity contribution in [2.75, 3.05) is 5.32 Å². The van der Waals surface area contributed by atoms with Crippen molar-refractivity contribution in [1.29, 1.82) is 0 Å². The van der Waals surface area contributed by atoms with E-state index in [0.29, 0.717) is 11.3 Å². The maximum atomic E-state index is 13.1. The monoisotopic (exact) mass is 359 g/mol. The van der Waals surface area contributed by atoms with Gasteiger partial charge in [0.15, 0.2) is 5.65 Å². The first-order valence-corrected chi connectivity index (χ1v) is 8.82. The lowest BCUT2D eigenvalue weighted by molar-refractivity contribution is 0.630. The van der Waals surface area contributed by atoms with Gasteiger partial charge in [-0.15, -0.1) is 0 Å². The van der Waals surface area contributed by atoms with E-state index < -0.39 is 0 Å². The van der Waals surface area contributed by atoms with Crippen LogP contribution < -0.4 is 10.9 Å². The summed E-state index contributed by atoms with van der Waals surface area (Å²) in [6.07, 6.45) is 0. The van der Waals surface area contributed by atoms with Gasteiger partial charge in [0.2, 0.25) is 0 Å². The van der Waals surface area contributed by atoms with Crippen LogP contribution in [-0.4, -0.2) is 19.3 Å². The molecule has 1 N–H and O–H groups in total. The summed E-state index contributed by atoms with van der Waals surface area (Å²) >= 11 is 0. The number of pyridine rings is 2. The number of para-hydroxylation sites is 1. The van der Waals surface area contributed by atoms with Crippen LogP contribution >= 0.6 is 0 Å². The molecule has 4 aromatic rings. The third-order valence-corrected chi connectivity index (χ3v) is 4.75. The average Bonchev–Trinajstić information content (AvgIpc) is 2.85. The molecule has 136 valence electrons. The summed E-state index contributed by atoms with van der Waals surface area (Å²) in [4.78, 5) is 22.2. The molecule has 1 aromatic carbocycles. The molecule has 0 bridgehead atoms. The Hall–Kier alpha value is -3.41. The Morgan fingerprint density at radius 1 is 0.926 bits per heavy atom. The van der Waals surface area contributed by atoms with Gasteiger partial charge in [0.1, 0.15) is 5.69 Å². The van der Waals surface area contributed by atoms with Gasteiger partial charge in [-0.2, -0.15) is 0 Å². The van der Waals surface area contributed by atoms with Crippen LogP contribution in [0, 0.1) is 20.8 Å². The first-order chi connectivity index (χ1) is 13.0. The van der Waals surface area contributed by atoms with Gasteiger partial charge in [-0.1, -0.05) is 18.2 Å². The summed E-state index contributed by atoms with van der Waals surface area (Å²) in [5.41, 5.74) is 5.40. The highest BCUT2D eigenvalue weighted by Crippen LogP contribution is 2.26. The molecule has 0 amide bonds. The molecule has 0 atom stereocenters. The molecular weight excluding hydrogens is 338 g/mol. The fraction of sp³-hybridized carbons (Fsp3) is 0.190. The maximum Gasteiger partial charge on any atom is 0.295 e. The highest BCUT2D eigenvalue weighted by atomic mass is 16.1. The molecule has 0 aliphatic rings. The third-order valence-electron chi connectivity index (χ3n) is 4.75. The van der Waals surface area contributed by atoms with Crippen LogP contribution in [-0.2, 0) is 7.05 Å². The van der Waals surface area contributed by atoms with Gasteiger partial charge in [0, 0.05) is 23.8 Å². The van der Waals surface area contributed by atoms with E-state index in [1.807, 2.05) is 81.0 Å². The Kier molecular flexibility index (Phi) is 4.03. The van der Waals surface area contributed by atoms with Crippen molar-refractivity contribution >= 4 is 22.4 Å². The molecule has 0 spiro atoms. The van der Waals surface area contributed by atoms with Crippen molar-refractivity contribution in [2.24, 2.45) is 7.05 Å². The van der Waals surface area contributed by atoms with Crippen LogP contribution in [0.15, 0.2) is 53.3 Å². The molecule has 0 unspecified atom stereocenters. The summed E-state index contributed by atoms with van der Waals surface area (Å²) in [7, 11) is 1.88. The molecule has 0 aliphatic carbocycles. The third kappa shape index (κ3) is 2.89. The normalized spacial score (nSPS) is 11.1. The van der Waals surface area contributed by atoms with Crippen LogP contribution in [0.25, 0.3) is 16.7 Å². The molecule has 0 saturated heterocycles. The number of hydrogen-bond acceptors (Lipinski definition) is 4. The van der Waals surface area contributed by atoms with Gasteiger partial charge in [0.25, 0.3) is 5.56 Å². The lowest BCUT2D eigenvalue weighted by Crippen LogP contribution is -2.20. The summed E-state index contributed by atoms with van der Waals surface area (Å²) < 4.78 is 3.52. The van der Waals surface area contributed by atoms with Gasteiger partial charge >= 0.3 is 0 Å². The summed E-state index contributed by atoms with van der Waals surface area (Å²) in [6, 6.07) is 15.5. The van der Waals surface area contributed by atoms with Crippen molar-refractivity contribution in [3.05, 3.63) is 76.0 Å². The number of aromatic nitrogens is 4. The van der Waals surface area contributed by atoms with Gasteiger partial charge < -0.3 is 5.32 Å². The van der Waals surface area contributed by atoms with Crippen molar-refractivity contribution in [3.8, 4) is 5.69 Å².